The van der Waals surface area contributed by atoms with Crippen LogP contribution >= 0.6 is 0 Å². The lowest BCUT2D eigenvalue weighted by Crippen LogP contribution is -2.33. The molecular weight excluding hydrogens is 276 g/mol. The highest BCUT2D eigenvalue weighted by Crippen LogP contribution is 2.20. The van der Waals surface area contributed by atoms with Crippen LogP contribution in [0.4, 0.5) is 0 Å². The summed E-state index contributed by atoms with van der Waals surface area (Å²) in [4.78, 5) is 15.7. The smallest absolute Gasteiger partial charge is 0.219 e. The van der Waals surface area contributed by atoms with Gasteiger partial charge < -0.3 is 9.30 Å². The molecule has 1 aliphatic rings. The highest BCUT2D eigenvalue weighted by Gasteiger charge is 2.18. The maximum Gasteiger partial charge on any atom is 0.219 e. The zero-order valence-electron chi connectivity index (χ0n) is 12.8. The average molecular weight is 296 g/mol. The van der Waals surface area contributed by atoms with Gasteiger partial charge in [0.2, 0.25) is 5.91 Å². The van der Waals surface area contributed by atoms with Crippen LogP contribution in [0.2, 0.25) is 0 Å². The molecule has 114 valence electrons. The minimum Gasteiger partial charge on any atom is -0.342 e. The van der Waals surface area contributed by atoms with Crippen LogP contribution in [0.25, 0.3) is 5.52 Å². The molecule has 5 nitrogen and oxygen atoms in total. The molecule has 0 aromatic carbocycles. The fourth-order valence-corrected chi connectivity index (χ4v) is 3.11. The average Bonchev–Trinajstić information content (AvgIpc) is 2.68. The summed E-state index contributed by atoms with van der Waals surface area (Å²) in [5.74, 6) is 0.147. The minimum atomic E-state index is 0.147. The van der Waals surface area contributed by atoms with Crippen LogP contribution in [-0.2, 0) is 11.3 Å². The Morgan fingerprint density at radius 1 is 1.27 bits per heavy atom. The lowest BCUT2D eigenvalue weighted by Gasteiger charge is -2.20. The van der Waals surface area contributed by atoms with E-state index in [-0.39, 0.29) is 5.91 Å². The topological polar surface area (TPSA) is 51.8 Å². The number of hydrogen-bond donors (Lipinski definition) is 0. The molecular formula is C17H20N4O. The van der Waals surface area contributed by atoms with Crippen molar-refractivity contribution in [3.63, 3.8) is 0 Å². The molecule has 3 heterocycles. The lowest BCUT2D eigenvalue weighted by molar-refractivity contribution is -0.128. The number of nitrogens with zero attached hydrogens (tertiary/aromatic N) is 4. The largest absolute Gasteiger partial charge is 0.342 e. The maximum atomic E-state index is 11.5. The van der Waals surface area contributed by atoms with Crippen molar-refractivity contribution in [2.24, 2.45) is 0 Å². The van der Waals surface area contributed by atoms with Crippen molar-refractivity contribution in [2.45, 2.75) is 19.9 Å². The molecule has 0 bridgehead atoms. The first-order valence-corrected chi connectivity index (χ1v) is 7.65. The second-order valence-electron chi connectivity index (χ2n) is 5.77. The monoisotopic (exact) mass is 296 g/mol. The van der Waals surface area contributed by atoms with Crippen LogP contribution in [0, 0.1) is 11.3 Å². The molecule has 0 saturated carbocycles. The van der Waals surface area contributed by atoms with Crippen LogP contribution in [0.1, 0.15) is 24.5 Å². The van der Waals surface area contributed by atoms with E-state index in [1.54, 1.807) is 6.92 Å². The molecule has 2 aromatic rings. The number of hydrogen-bond acceptors (Lipinski definition) is 3. The van der Waals surface area contributed by atoms with Crippen molar-refractivity contribution < 1.29 is 4.79 Å². The Morgan fingerprint density at radius 2 is 2.14 bits per heavy atom. The summed E-state index contributed by atoms with van der Waals surface area (Å²) in [6.45, 7) is 5.80. The van der Waals surface area contributed by atoms with Crippen LogP contribution in [-0.4, -0.2) is 46.3 Å². The van der Waals surface area contributed by atoms with Gasteiger partial charge in [-0.3, -0.25) is 9.69 Å². The van der Waals surface area contributed by atoms with Gasteiger partial charge in [0.15, 0.2) is 0 Å². The second kappa shape index (κ2) is 6.20. The lowest BCUT2D eigenvalue weighted by atomic mass is 10.1. The molecule has 0 spiro atoms. The van der Waals surface area contributed by atoms with E-state index in [1.165, 1.54) is 0 Å². The standard InChI is InChI=1S/C17H20N4O/c1-14(22)20-8-4-6-19(9-10-20)12-15-13-21-7-3-2-5-17(21)16(15)11-18/h2-3,5,7,13H,4,6,8-10,12H2,1H3. The number of fused-ring (bicyclic) bond motifs is 1. The third-order valence-corrected chi connectivity index (χ3v) is 4.30. The third-order valence-electron chi connectivity index (χ3n) is 4.30. The van der Waals surface area contributed by atoms with Crippen molar-refractivity contribution in [2.75, 3.05) is 26.2 Å². The van der Waals surface area contributed by atoms with Crippen LogP contribution in [0.3, 0.4) is 0 Å². The summed E-state index contributed by atoms with van der Waals surface area (Å²) in [6, 6.07) is 8.23. The van der Waals surface area contributed by atoms with Gasteiger partial charge in [0.1, 0.15) is 6.07 Å². The van der Waals surface area contributed by atoms with Crippen molar-refractivity contribution >= 4 is 11.4 Å². The Hall–Kier alpha value is -2.32. The van der Waals surface area contributed by atoms with Gasteiger partial charge in [-0.2, -0.15) is 5.26 Å². The Kier molecular flexibility index (Phi) is 4.12. The van der Waals surface area contributed by atoms with E-state index in [2.05, 4.69) is 11.0 Å². The fourth-order valence-electron chi connectivity index (χ4n) is 3.11. The maximum absolute atomic E-state index is 11.5. The third kappa shape index (κ3) is 2.83. The number of carbonyl (C=O) groups is 1. The van der Waals surface area contributed by atoms with E-state index in [0.29, 0.717) is 0 Å². The van der Waals surface area contributed by atoms with Crippen molar-refractivity contribution in [3.8, 4) is 6.07 Å². The predicted molar refractivity (Wildman–Crippen MR) is 84.3 cm³/mol. The van der Waals surface area contributed by atoms with Crippen molar-refractivity contribution in [3.05, 3.63) is 41.7 Å². The van der Waals surface area contributed by atoms with E-state index in [0.717, 1.165) is 55.8 Å². The molecule has 5 heteroatoms. The Morgan fingerprint density at radius 3 is 2.91 bits per heavy atom. The van der Waals surface area contributed by atoms with Gasteiger partial charge in [0.25, 0.3) is 0 Å². The van der Waals surface area contributed by atoms with Crippen LogP contribution in [0.15, 0.2) is 30.6 Å². The molecule has 0 unspecified atom stereocenters. The molecule has 0 atom stereocenters. The zero-order chi connectivity index (χ0) is 15.5. The molecule has 1 fully saturated rings. The summed E-state index contributed by atoms with van der Waals surface area (Å²) >= 11 is 0. The summed E-state index contributed by atoms with van der Waals surface area (Å²) in [5.41, 5.74) is 2.78. The second-order valence-corrected chi connectivity index (χ2v) is 5.77. The number of aromatic nitrogens is 1. The SMILES string of the molecule is CC(=O)N1CCCN(Cc2cn3ccccc3c2C#N)CC1. The van der Waals surface area contributed by atoms with Crippen molar-refractivity contribution in [1.82, 2.24) is 14.2 Å². The first-order chi connectivity index (χ1) is 10.7. The van der Waals surface area contributed by atoms with E-state index in [9.17, 15) is 10.1 Å². The van der Waals surface area contributed by atoms with E-state index in [4.69, 9.17) is 0 Å². The Balaban J connectivity index is 1.79. The number of amides is 1. The number of pyridine rings is 1. The summed E-state index contributed by atoms with van der Waals surface area (Å²) < 4.78 is 2.01. The predicted octanol–water partition coefficient (Wildman–Crippen LogP) is 1.87. The van der Waals surface area contributed by atoms with Gasteiger partial charge in [-0.25, -0.2) is 0 Å². The first-order valence-electron chi connectivity index (χ1n) is 7.65. The Bertz CT molecular complexity index is 728. The van der Waals surface area contributed by atoms with E-state index in [1.807, 2.05) is 39.9 Å². The quantitative estimate of drug-likeness (QED) is 0.850. The molecule has 0 radical (unpaired) electrons. The van der Waals surface area contributed by atoms with Gasteiger partial charge >= 0.3 is 0 Å². The number of carbonyl (C=O) groups excluding carboxylic acids is 1. The molecule has 1 saturated heterocycles. The van der Waals surface area contributed by atoms with Crippen LogP contribution in [0.5, 0.6) is 0 Å². The number of rotatable bonds is 2. The van der Waals surface area contributed by atoms with E-state index >= 15 is 0 Å². The molecule has 1 amide bonds. The zero-order valence-corrected chi connectivity index (χ0v) is 12.8. The minimum absolute atomic E-state index is 0.147. The van der Waals surface area contributed by atoms with Gasteiger partial charge in [-0.15, -0.1) is 0 Å². The van der Waals surface area contributed by atoms with Gasteiger partial charge in [0.05, 0.1) is 11.1 Å². The summed E-state index contributed by atoms with van der Waals surface area (Å²) in [5, 5.41) is 9.47. The van der Waals surface area contributed by atoms with E-state index < -0.39 is 0 Å². The molecule has 1 aliphatic heterocycles. The molecule has 3 rings (SSSR count). The van der Waals surface area contributed by atoms with Gasteiger partial charge in [-0.05, 0) is 18.6 Å². The van der Waals surface area contributed by atoms with Crippen molar-refractivity contribution in [1.29, 1.82) is 5.26 Å². The normalized spacial score (nSPS) is 16.5. The summed E-state index contributed by atoms with van der Waals surface area (Å²) in [7, 11) is 0. The fraction of sp³-hybridized carbons (Fsp3) is 0.412. The highest BCUT2D eigenvalue weighted by atomic mass is 16.2. The first kappa shape index (κ1) is 14.6. The van der Waals surface area contributed by atoms with Gasteiger partial charge in [-0.1, -0.05) is 6.07 Å². The van der Waals surface area contributed by atoms with Crippen LogP contribution < -0.4 is 0 Å². The Labute approximate surface area is 130 Å². The molecule has 0 N–H and O–H groups in total. The number of nitriles is 1. The molecule has 22 heavy (non-hydrogen) atoms. The highest BCUT2D eigenvalue weighted by molar-refractivity contribution is 5.73. The molecule has 0 aliphatic carbocycles. The molecule has 2 aromatic heterocycles. The van der Waals surface area contributed by atoms with Gasteiger partial charge in [0, 0.05) is 57.6 Å². The summed E-state index contributed by atoms with van der Waals surface area (Å²) in [6.07, 6.45) is 5.00.